The third kappa shape index (κ3) is 3.58. The molecule has 8 heteroatoms. The van der Waals surface area contributed by atoms with Gasteiger partial charge in [-0.15, -0.1) is 28.8 Å². The molecule has 0 atom stereocenters. The van der Waals surface area contributed by atoms with Crippen molar-refractivity contribution in [3.63, 3.8) is 0 Å². The Kier molecular flexibility index (Phi) is 4.89. The van der Waals surface area contributed by atoms with Crippen molar-refractivity contribution in [3.8, 4) is 0 Å². The van der Waals surface area contributed by atoms with E-state index in [1.165, 1.54) is 11.3 Å². The van der Waals surface area contributed by atoms with E-state index >= 15 is 0 Å². The summed E-state index contributed by atoms with van der Waals surface area (Å²) in [6.45, 7) is 1.75. The first-order valence-electron chi connectivity index (χ1n) is 3.44. The number of guanidine groups is 1. The summed E-state index contributed by atoms with van der Waals surface area (Å²) < 4.78 is 0. The molecule has 0 aromatic carbocycles. The molecule has 1 heterocycles. The van der Waals surface area contributed by atoms with Crippen molar-refractivity contribution in [2.75, 3.05) is 5.73 Å². The van der Waals surface area contributed by atoms with Gasteiger partial charge in [-0.05, 0) is 6.92 Å². The zero-order valence-electron chi connectivity index (χ0n) is 7.47. The van der Waals surface area contributed by atoms with Crippen LogP contribution in [0.2, 0.25) is 0 Å². The van der Waals surface area contributed by atoms with Gasteiger partial charge in [-0.1, -0.05) is 0 Å². The smallest absolute Gasteiger partial charge is 0.211 e. The van der Waals surface area contributed by atoms with Crippen LogP contribution in [-0.2, 0) is 0 Å². The maximum atomic E-state index is 5.44. The Morgan fingerprint density at radius 1 is 1.43 bits per heavy atom. The normalized spacial score (nSPS) is 10.5. The number of halogens is 1. The van der Waals surface area contributed by atoms with E-state index in [1.807, 2.05) is 0 Å². The Labute approximate surface area is 91.3 Å². The highest BCUT2D eigenvalue weighted by molar-refractivity contribution is 7.13. The number of nitrogens with zero attached hydrogens (tertiary/aromatic N) is 3. The molecule has 0 bridgehead atoms. The molecule has 0 amide bonds. The fourth-order valence-corrected chi connectivity index (χ4v) is 1.24. The quantitative estimate of drug-likeness (QED) is 0.384. The summed E-state index contributed by atoms with van der Waals surface area (Å²) in [7, 11) is 0. The van der Waals surface area contributed by atoms with Crippen molar-refractivity contribution in [1.82, 2.24) is 4.98 Å². The fourth-order valence-electron chi connectivity index (χ4n) is 0.638. The van der Waals surface area contributed by atoms with Gasteiger partial charge in [-0.25, -0.2) is 4.98 Å². The second-order valence-electron chi connectivity index (χ2n) is 2.28. The molecule has 1 aromatic rings. The summed E-state index contributed by atoms with van der Waals surface area (Å²) in [5.74, 6) is -0.0810. The van der Waals surface area contributed by atoms with E-state index in [9.17, 15) is 0 Å². The maximum Gasteiger partial charge on any atom is 0.211 e. The summed E-state index contributed by atoms with van der Waals surface area (Å²) >= 11 is 1.34. The fraction of sp³-hybridized carbons (Fsp3) is 0.167. The molecule has 0 aliphatic heterocycles. The van der Waals surface area contributed by atoms with Gasteiger partial charge in [0.2, 0.25) is 5.96 Å². The summed E-state index contributed by atoms with van der Waals surface area (Å²) in [6, 6.07) is 0. The van der Waals surface area contributed by atoms with Gasteiger partial charge in [0.1, 0.15) is 0 Å². The van der Waals surface area contributed by atoms with Gasteiger partial charge in [0.25, 0.3) is 0 Å². The lowest BCUT2D eigenvalue weighted by molar-refractivity contribution is 1.19. The SMILES string of the molecule is C/C(=N\N=C(N)N)c1csc(N)n1.Cl. The molecule has 1 aromatic heterocycles. The van der Waals surface area contributed by atoms with E-state index < -0.39 is 0 Å². The molecular formula is C6H11ClN6S. The van der Waals surface area contributed by atoms with Gasteiger partial charge in [0.15, 0.2) is 5.13 Å². The Hall–Kier alpha value is -1.34. The highest BCUT2D eigenvalue weighted by atomic mass is 35.5. The van der Waals surface area contributed by atoms with E-state index in [-0.39, 0.29) is 18.4 Å². The van der Waals surface area contributed by atoms with Crippen LogP contribution in [0, 0.1) is 0 Å². The predicted octanol–water partition coefficient (Wildman–Crippen LogP) is 0.145. The zero-order chi connectivity index (χ0) is 9.84. The summed E-state index contributed by atoms with van der Waals surface area (Å²) in [5, 5.41) is 9.53. The molecule has 0 saturated carbocycles. The van der Waals surface area contributed by atoms with E-state index in [2.05, 4.69) is 15.2 Å². The van der Waals surface area contributed by atoms with Crippen LogP contribution in [0.5, 0.6) is 0 Å². The Bertz CT molecular complexity index is 353. The largest absolute Gasteiger partial charge is 0.375 e. The topological polar surface area (TPSA) is 116 Å². The number of nitrogens with two attached hydrogens (primary N) is 3. The molecule has 1 rings (SSSR count). The minimum absolute atomic E-state index is 0. The number of rotatable bonds is 2. The van der Waals surface area contributed by atoms with Crippen LogP contribution in [0.15, 0.2) is 15.6 Å². The highest BCUT2D eigenvalue weighted by Crippen LogP contribution is 2.11. The lowest BCUT2D eigenvalue weighted by Crippen LogP contribution is -2.22. The monoisotopic (exact) mass is 234 g/mol. The van der Waals surface area contributed by atoms with Crippen LogP contribution in [0.1, 0.15) is 12.6 Å². The maximum absolute atomic E-state index is 5.44. The summed E-state index contributed by atoms with van der Waals surface area (Å²) in [6.07, 6.45) is 0. The average Bonchev–Trinajstić information content (AvgIpc) is 2.47. The van der Waals surface area contributed by atoms with Crippen LogP contribution < -0.4 is 17.2 Å². The van der Waals surface area contributed by atoms with Crippen molar-refractivity contribution in [2.45, 2.75) is 6.92 Å². The van der Waals surface area contributed by atoms with Crippen molar-refractivity contribution in [1.29, 1.82) is 0 Å². The second kappa shape index (κ2) is 5.40. The number of hydrogen-bond acceptors (Lipinski definition) is 5. The predicted molar refractivity (Wildman–Crippen MR) is 61.8 cm³/mol. The molecule has 6 nitrogen and oxygen atoms in total. The van der Waals surface area contributed by atoms with E-state index in [1.54, 1.807) is 12.3 Å². The third-order valence-electron chi connectivity index (χ3n) is 1.21. The van der Waals surface area contributed by atoms with Gasteiger partial charge in [0.05, 0.1) is 11.4 Å². The van der Waals surface area contributed by atoms with Crippen LogP contribution in [-0.4, -0.2) is 16.7 Å². The van der Waals surface area contributed by atoms with Crippen LogP contribution in [0.4, 0.5) is 5.13 Å². The molecule has 0 unspecified atom stereocenters. The first-order valence-corrected chi connectivity index (χ1v) is 4.32. The standard InChI is InChI=1S/C6H10N6S.ClH/c1-3(11-12-5(7)8)4-2-13-6(9)10-4;/h2H,1H3,(H2,9,10)(H4,7,8,12);1H/b11-3+;. The number of nitrogen functional groups attached to an aromatic ring is 1. The van der Waals surface area contributed by atoms with Gasteiger partial charge in [-0.2, -0.15) is 5.10 Å². The molecule has 14 heavy (non-hydrogen) atoms. The van der Waals surface area contributed by atoms with Gasteiger partial charge >= 0.3 is 0 Å². The minimum atomic E-state index is -0.0810. The number of aromatic nitrogens is 1. The number of anilines is 1. The summed E-state index contributed by atoms with van der Waals surface area (Å²) in [4.78, 5) is 4.00. The molecule has 6 N–H and O–H groups in total. The molecule has 0 fully saturated rings. The zero-order valence-corrected chi connectivity index (χ0v) is 9.10. The molecule has 0 radical (unpaired) electrons. The molecule has 78 valence electrons. The van der Waals surface area contributed by atoms with Crippen LogP contribution in [0.25, 0.3) is 0 Å². The van der Waals surface area contributed by atoms with Crippen molar-refractivity contribution in [2.24, 2.45) is 21.7 Å². The number of thiazole rings is 1. The minimum Gasteiger partial charge on any atom is -0.375 e. The number of hydrogen-bond donors (Lipinski definition) is 3. The third-order valence-corrected chi connectivity index (χ3v) is 1.88. The van der Waals surface area contributed by atoms with Crippen molar-refractivity contribution < 1.29 is 0 Å². The molecule has 0 saturated heterocycles. The average molecular weight is 235 g/mol. The second-order valence-corrected chi connectivity index (χ2v) is 3.17. The van der Waals surface area contributed by atoms with E-state index in [0.717, 1.165) is 0 Å². The van der Waals surface area contributed by atoms with Crippen molar-refractivity contribution in [3.05, 3.63) is 11.1 Å². The van der Waals surface area contributed by atoms with Gasteiger partial charge in [-0.3, -0.25) is 0 Å². The molecule has 0 aliphatic carbocycles. The summed E-state index contributed by atoms with van der Waals surface area (Å²) in [5.41, 5.74) is 17.0. The molecular weight excluding hydrogens is 224 g/mol. The van der Waals surface area contributed by atoms with Crippen LogP contribution >= 0.6 is 23.7 Å². The first-order chi connectivity index (χ1) is 6.09. The molecule has 0 spiro atoms. The van der Waals surface area contributed by atoms with Crippen molar-refractivity contribution >= 4 is 40.5 Å². The lowest BCUT2D eigenvalue weighted by atomic mass is 10.3. The van der Waals surface area contributed by atoms with Crippen LogP contribution in [0.3, 0.4) is 0 Å². The van der Waals surface area contributed by atoms with E-state index in [4.69, 9.17) is 17.2 Å². The van der Waals surface area contributed by atoms with E-state index in [0.29, 0.717) is 16.5 Å². The molecule has 0 aliphatic rings. The first kappa shape index (κ1) is 12.7. The Morgan fingerprint density at radius 3 is 2.50 bits per heavy atom. The highest BCUT2D eigenvalue weighted by Gasteiger charge is 2.01. The van der Waals surface area contributed by atoms with Gasteiger partial charge in [0, 0.05) is 5.38 Å². The van der Waals surface area contributed by atoms with Gasteiger partial charge < -0.3 is 17.2 Å². The lowest BCUT2D eigenvalue weighted by Gasteiger charge is -1.90. The Balaban J connectivity index is 0.00000169. The Morgan fingerprint density at radius 2 is 2.07 bits per heavy atom.